The first-order valence-corrected chi connectivity index (χ1v) is 5.61. The Morgan fingerprint density at radius 1 is 1.39 bits per heavy atom. The van der Waals surface area contributed by atoms with Crippen molar-refractivity contribution in [2.75, 3.05) is 0 Å². The molecule has 0 spiro atoms. The molecule has 1 heterocycles. The van der Waals surface area contributed by atoms with E-state index in [9.17, 15) is 9.90 Å². The van der Waals surface area contributed by atoms with Crippen LogP contribution in [0.25, 0.3) is 5.69 Å². The second kappa shape index (κ2) is 4.52. The normalized spacial score (nSPS) is 10.8. The summed E-state index contributed by atoms with van der Waals surface area (Å²) in [6.07, 6.45) is 1.34. The molecule has 2 rings (SSSR count). The van der Waals surface area contributed by atoms with E-state index in [0.717, 1.165) is 0 Å². The number of carboxylic acids is 1. The van der Waals surface area contributed by atoms with Crippen LogP contribution in [-0.4, -0.2) is 26.0 Å². The van der Waals surface area contributed by atoms with E-state index < -0.39 is 5.97 Å². The third-order valence-corrected chi connectivity index (χ3v) is 2.66. The van der Waals surface area contributed by atoms with E-state index in [4.69, 9.17) is 5.11 Å². The maximum Gasteiger partial charge on any atom is 0.339 e. The zero-order chi connectivity index (χ0) is 13.3. The highest BCUT2D eigenvalue weighted by Gasteiger charge is 2.20. The van der Waals surface area contributed by atoms with Gasteiger partial charge < -0.3 is 10.2 Å². The molecule has 1 aromatic heterocycles. The van der Waals surface area contributed by atoms with Gasteiger partial charge in [-0.25, -0.2) is 9.48 Å². The molecule has 0 aliphatic heterocycles. The molecule has 0 saturated carbocycles. The number of hydrogen-bond acceptors (Lipinski definition) is 3. The molecule has 5 heteroatoms. The van der Waals surface area contributed by atoms with Gasteiger partial charge >= 0.3 is 5.97 Å². The molecule has 0 saturated heterocycles. The molecule has 2 N–H and O–H groups in total. The van der Waals surface area contributed by atoms with Crippen molar-refractivity contribution >= 4 is 5.97 Å². The Morgan fingerprint density at radius 2 is 2.11 bits per heavy atom. The molecule has 0 fully saturated rings. The van der Waals surface area contributed by atoms with Gasteiger partial charge in [-0.1, -0.05) is 19.9 Å². The molecular formula is C13H14N2O3. The number of benzene rings is 1. The van der Waals surface area contributed by atoms with Gasteiger partial charge in [0.15, 0.2) is 0 Å². The number of carbonyl (C=O) groups is 1. The number of nitrogens with zero attached hydrogens (tertiary/aromatic N) is 2. The number of phenolic OH excluding ortho intramolecular Hbond substituents is 1. The Bertz CT molecular complexity index is 588. The van der Waals surface area contributed by atoms with Crippen LogP contribution < -0.4 is 0 Å². The molecule has 0 atom stereocenters. The minimum absolute atomic E-state index is 0.0148. The number of aromatic carboxylic acids is 1. The van der Waals surface area contributed by atoms with E-state index in [1.165, 1.54) is 6.20 Å². The van der Waals surface area contributed by atoms with Crippen LogP contribution in [0, 0.1) is 0 Å². The van der Waals surface area contributed by atoms with Crippen LogP contribution >= 0.6 is 0 Å². The maximum atomic E-state index is 11.1. The first-order valence-electron chi connectivity index (χ1n) is 5.61. The van der Waals surface area contributed by atoms with E-state index in [-0.39, 0.29) is 17.2 Å². The van der Waals surface area contributed by atoms with E-state index in [2.05, 4.69) is 5.10 Å². The predicted octanol–water partition coefficient (Wildman–Crippen LogP) is 2.40. The van der Waals surface area contributed by atoms with E-state index in [1.54, 1.807) is 28.9 Å². The van der Waals surface area contributed by atoms with Crippen LogP contribution in [0.15, 0.2) is 30.5 Å². The monoisotopic (exact) mass is 246 g/mol. The van der Waals surface area contributed by atoms with Gasteiger partial charge in [0, 0.05) is 6.07 Å². The van der Waals surface area contributed by atoms with Gasteiger partial charge in [0.2, 0.25) is 0 Å². The Balaban J connectivity index is 2.61. The minimum atomic E-state index is -0.995. The average molecular weight is 246 g/mol. The molecule has 0 bridgehead atoms. The Labute approximate surface area is 104 Å². The number of phenols is 1. The third-order valence-electron chi connectivity index (χ3n) is 2.66. The Kier molecular flexibility index (Phi) is 3.06. The lowest BCUT2D eigenvalue weighted by molar-refractivity contribution is 0.0695. The molecular weight excluding hydrogens is 232 g/mol. The number of rotatable bonds is 3. The summed E-state index contributed by atoms with van der Waals surface area (Å²) in [5, 5.41) is 22.7. The van der Waals surface area contributed by atoms with Crippen LogP contribution in [0.3, 0.4) is 0 Å². The fourth-order valence-electron chi connectivity index (χ4n) is 1.91. The molecule has 18 heavy (non-hydrogen) atoms. The van der Waals surface area contributed by atoms with Crippen molar-refractivity contribution < 1.29 is 15.0 Å². The van der Waals surface area contributed by atoms with Gasteiger partial charge in [0.25, 0.3) is 0 Å². The van der Waals surface area contributed by atoms with E-state index in [0.29, 0.717) is 11.4 Å². The highest BCUT2D eigenvalue weighted by Crippen LogP contribution is 2.24. The highest BCUT2D eigenvalue weighted by molar-refractivity contribution is 5.89. The molecule has 0 unspecified atom stereocenters. The summed E-state index contributed by atoms with van der Waals surface area (Å²) in [5.41, 5.74) is 1.45. The third kappa shape index (κ3) is 2.07. The molecule has 0 aliphatic rings. The SMILES string of the molecule is CC(C)c1c(C(=O)O)cnn1-c1cccc(O)c1. The van der Waals surface area contributed by atoms with Crippen molar-refractivity contribution in [3.05, 3.63) is 41.7 Å². The maximum absolute atomic E-state index is 11.1. The number of aromatic hydroxyl groups is 1. The van der Waals surface area contributed by atoms with Crippen LogP contribution in [0.2, 0.25) is 0 Å². The predicted molar refractivity (Wildman–Crippen MR) is 66.3 cm³/mol. The fraction of sp³-hybridized carbons (Fsp3) is 0.231. The van der Waals surface area contributed by atoms with Crippen LogP contribution in [0.5, 0.6) is 5.75 Å². The Morgan fingerprint density at radius 3 is 2.67 bits per heavy atom. The van der Waals surface area contributed by atoms with Crippen molar-refractivity contribution in [3.63, 3.8) is 0 Å². The summed E-state index contributed by atoms with van der Waals surface area (Å²) in [5.74, 6) is -0.861. The van der Waals surface area contributed by atoms with Gasteiger partial charge in [-0.05, 0) is 18.1 Å². The topological polar surface area (TPSA) is 75.3 Å². The number of hydrogen-bond donors (Lipinski definition) is 2. The van der Waals surface area contributed by atoms with Crippen LogP contribution in [-0.2, 0) is 0 Å². The van der Waals surface area contributed by atoms with Gasteiger partial charge in [0.1, 0.15) is 11.3 Å². The standard InChI is InChI=1S/C13H14N2O3/c1-8(2)12-11(13(17)18)7-14-15(12)9-4-3-5-10(16)6-9/h3-8,16H,1-2H3,(H,17,18). The first kappa shape index (κ1) is 12.2. The second-order valence-corrected chi connectivity index (χ2v) is 4.33. The summed E-state index contributed by atoms with van der Waals surface area (Å²) in [6, 6.07) is 6.56. The fourth-order valence-corrected chi connectivity index (χ4v) is 1.91. The first-order chi connectivity index (χ1) is 8.50. The molecule has 1 aromatic carbocycles. The summed E-state index contributed by atoms with van der Waals surface area (Å²) < 4.78 is 1.55. The van der Waals surface area contributed by atoms with E-state index >= 15 is 0 Å². The van der Waals surface area contributed by atoms with E-state index in [1.807, 2.05) is 13.8 Å². The molecule has 0 aliphatic carbocycles. The molecule has 94 valence electrons. The van der Waals surface area contributed by atoms with Crippen molar-refractivity contribution in [2.45, 2.75) is 19.8 Å². The zero-order valence-corrected chi connectivity index (χ0v) is 10.2. The summed E-state index contributed by atoms with van der Waals surface area (Å²) in [4.78, 5) is 11.1. The lowest BCUT2D eigenvalue weighted by atomic mass is 10.1. The molecule has 0 amide bonds. The minimum Gasteiger partial charge on any atom is -0.508 e. The second-order valence-electron chi connectivity index (χ2n) is 4.33. The van der Waals surface area contributed by atoms with Gasteiger partial charge in [-0.2, -0.15) is 5.10 Å². The quantitative estimate of drug-likeness (QED) is 0.872. The van der Waals surface area contributed by atoms with Gasteiger partial charge in [0.05, 0.1) is 17.6 Å². The van der Waals surface area contributed by atoms with Crippen molar-refractivity contribution in [1.82, 2.24) is 9.78 Å². The summed E-state index contributed by atoms with van der Waals surface area (Å²) >= 11 is 0. The highest BCUT2D eigenvalue weighted by atomic mass is 16.4. The van der Waals surface area contributed by atoms with Crippen molar-refractivity contribution in [2.24, 2.45) is 0 Å². The Hall–Kier alpha value is -2.30. The summed E-state index contributed by atoms with van der Waals surface area (Å²) in [6.45, 7) is 3.81. The van der Waals surface area contributed by atoms with Crippen LogP contribution in [0.4, 0.5) is 0 Å². The smallest absolute Gasteiger partial charge is 0.339 e. The zero-order valence-electron chi connectivity index (χ0n) is 10.2. The largest absolute Gasteiger partial charge is 0.508 e. The van der Waals surface area contributed by atoms with Gasteiger partial charge in [-0.15, -0.1) is 0 Å². The number of carboxylic acid groups (broad SMARTS) is 1. The molecule has 0 radical (unpaired) electrons. The molecule has 5 nitrogen and oxygen atoms in total. The summed E-state index contributed by atoms with van der Waals surface area (Å²) in [7, 11) is 0. The molecule has 2 aromatic rings. The van der Waals surface area contributed by atoms with Gasteiger partial charge in [-0.3, -0.25) is 0 Å². The lowest BCUT2D eigenvalue weighted by Crippen LogP contribution is -2.08. The average Bonchev–Trinajstić information content (AvgIpc) is 2.73. The van der Waals surface area contributed by atoms with Crippen molar-refractivity contribution in [3.8, 4) is 11.4 Å². The lowest BCUT2D eigenvalue weighted by Gasteiger charge is -2.11. The number of aromatic nitrogens is 2. The van der Waals surface area contributed by atoms with Crippen molar-refractivity contribution in [1.29, 1.82) is 0 Å². The van der Waals surface area contributed by atoms with Crippen LogP contribution in [0.1, 0.15) is 35.8 Å².